The summed E-state index contributed by atoms with van der Waals surface area (Å²) in [5.74, 6) is 1.77. The van der Waals surface area contributed by atoms with E-state index in [9.17, 15) is 4.79 Å². The van der Waals surface area contributed by atoms with E-state index in [0.717, 1.165) is 56.2 Å². The first-order chi connectivity index (χ1) is 11.9. The molecule has 0 bridgehead atoms. The quantitative estimate of drug-likeness (QED) is 0.855. The summed E-state index contributed by atoms with van der Waals surface area (Å²) in [6, 6.07) is 1.99. The SMILES string of the molecule is Cc1cc([C@H](C)C(=O)N2CCCN(Cc3cnn(C)c3)CC2)c(C)o1. The number of carbonyl (C=O) groups excluding carboxylic acids is 1. The largest absolute Gasteiger partial charge is 0.466 e. The Morgan fingerprint density at radius 2 is 2.08 bits per heavy atom. The molecule has 0 saturated carbocycles. The number of hydrogen-bond acceptors (Lipinski definition) is 4. The fourth-order valence-electron chi connectivity index (χ4n) is 3.65. The number of aryl methyl sites for hydroxylation is 3. The molecule has 1 saturated heterocycles. The second-order valence-electron chi connectivity index (χ2n) is 7.07. The van der Waals surface area contributed by atoms with Crippen LogP contribution in [0.1, 0.15) is 41.9 Å². The maximum atomic E-state index is 12.9. The Bertz CT molecular complexity index is 734. The summed E-state index contributed by atoms with van der Waals surface area (Å²) >= 11 is 0. The molecule has 1 aliphatic heterocycles. The van der Waals surface area contributed by atoms with Crippen LogP contribution in [0, 0.1) is 13.8 Å². The normalized spacial score (nSPS) is 17.5. The molecular weight excluding hydrogens is 316 g/mol. The van der Waals surface area contributed by atoms with Gasteiger partial charge in [0.05, 0.1) is 12.1 Å². The Labute approximate surface area is 149 Å². The molecule has 3 heterocycles. The number of furan rings is 1. The van der Waals surface area contributed by atoms with Gasteiger partial charge in [-0.3, -0.25) is 14.4 Å². The van der Waals surface area contributed by atoms with E-state index >= 15 is 0 Å². The van der Waals surface area contributed by atoms with Crippen molar-refractivity contribution in [1.82, 2.24) is 19.6 Å². The van der Waals surface area contributed by atoms with Gasteiger partial charge >= 0.3 is 0 Å². The van der Waals surface area contributed by atoms with Crippen molar-refractivity contribution in [2.45, 2.75) is 39.7 Å². The minimum absolute atomic E-state index is 0.151. The van der Waals surface area contributed by atoms with Crippen LogP contribution in [0.15, 0.2) is 22.9 Å². The van der Waals surface area contributed by atoms with Crippen molar-refractivity contribution in [3.8, 4) is 0 Å². The van der Waals surface area contributed by atoms with Gasteiger partial charge in [0.25, 0.3) is 0 Å². The van der Waals surface area contributed by atoms with Gasteiger partial charge in [-0.15, -0.1) is 0 Å². The molecule has 1 aliphatic rings. The molecule has 6 nitrogen and oxygen atoms in total. The fourth-order valence-corrected chi connectivity index (χ4v) is 3.65. The maximum absolute atomic E-state index is 12.9. The van der Waals surface area contributed by atoms with E-state index in [1.54, 1.807) is 0 Å². The number of rotatable bonds is 4. The molecule has 0 unspecified atom stereocenters. The summed E-state index contributed by atoms with van der Waals surface area (Å²) in [6.45, 7) is 10.2. The van der Waals surface area contributed by atoms with Gasteiger partial charge in [0.2, 0.25) is 5.91 Å². The van der Waals surface area contributed by atoms with Crippen LogP contribution >= 0.6 is 0 Å². The predicted octanol–water partition coefficient (Wildman–Crippen LogP) is 2.47. The minimum atomic E-state index is -0.151. The zero-order valence-electron chi connectivity index (χ0n) is 15.7. The Kier molecular flexibility index (Phi) is 5.27. The average Bonchev–Trinajstić information content (AvgIpc) is 3.03. The summed E-state index contributed by atoms with van der Waals surface area (Å²) in [7, 11) is 1.94. The molecule has 1 fully saturated rings. The van der Waals surface area contributed by atoms with Crippen LogP contribution in [0.5, 0.6) is 0 Å². The molecular formula is C19H28N4O2. The smallest absolute Gasteiger partial charge is 0.230 e. The second kappa shape index (κ2) is 7.44. The van der Waals surface area contributed by atoms with E-state index in [1.165, 1.54) is 5.56 Å². The van der Waals surface area contributed by atoms with Gasteiger partial charge in [-0.1, -0.05) is 0 Å². The third-order valence-corrected chi connectivity index (χ3v) is 4.98. The Hall–Kier alpha value is -2.08. The molecule has 25 heavy (non-hydrogen) atoms. The molecule has 2 aromatic rings. The molecule has 0 spiro atoms. The number of nitrogens with zero attached hydrogens (tertiary/aromatic N) is 4. The highest BCUT2D eigenvalue weighted by Crippen LogP contribution is 2.25. The Morgan fingerprint density at radius 1 is 1.28 bits per heavy atom. The lowest BCUT2D eigenvalue weighted by Gasteiger charge is -2.24. The van der Waals surface area contributed by atoms with Crippen molar-refractivity contribution in [2.75, 3.05) is 26.2 Å². The molecule has 0 aliphatic carbocycles. The summed E-state index contributed by atoms with van der Waals surface area (Å²) in [4.78, 5) is 17.3. The van der Waals surface area contributed by atoms with E-state index < -0.39 is 0 Å². The fraction of sp³-hybridized carbons (Fsp3) is 0.579. The number of carbonyl (C=O) groups is 1. The van der Waals surface area contributed by atoms with Crippen LogP contribution < -0.4 is 0 Å². The van der Waals surface area contributed by atoms with Gasteiger partial charge < -0.3 is 9.32 Å². The van der Waals surface area contributed by atoms with Crippen molar-refractivity contribution in [1.29, 1.82) is 0 Å². The van der Waals surface area contributed by atoms with Crippen LogP contribution in [-0.4, -0.2) is 51.7 Å². The van der Waals surface area contributed by atoms with Gasteiger partial charge in [-0.2, -0.15) is 5.10 Å². The topological polar surface area (TPSA) is 54.5 Å². The second-order valence-corrected chi connectivity index (χ2v) is 7.07. The third kappa shape index (κ3) is 4.12. The summed E-state index contributed by atoms with van der Waals surface area (Å²) in [5.41, 5.74) is 2.24. The highest BCUT2D eigenvalue weighted by Gasteiger charge is 2.26. The standard InChI is InChI=1S/C19H28N4O2/c1-14-10-18(16(3)25-14)15(2)19(24)23-7-5-6-22(8-9-23)13-17-11-20-21(4)12-17/h10-12,15H,5-9,13H2,1-4H3/t15-/m0/s1. The number of hydrogen-bond donors (Lipinski definition) is 0. The van der Waals surface area contributed by atoms with Crippen LogP contribution in [-0.2, 0) is 18.4 Å². The third-order valence-electron chi connectivity index (χ3n) is 4.98. The molecule has 0 aromatic carbocycles. The highest BCUT2D eigenvalue weighted by molar-refractivity contribution is 5.83. The molecule has 6 heteroatoms. The zero-order chi connectivity index (χ0) is 18.0. The minimum Gasteiger partial charge on any atom is -0.466 e. The lowest BCUT2D eigenvalue weighted by Crippen LogP contribution is -2.37. The summed E-state index contributed by atoms with van der Waals surface area (Å²) in [5, 5.41) is 4.23. The lowest BCUT2D eigenvalue weighted by atomic mass is 10.00. The monoisotopic (exact) mass is 344 g/mol. The average molecular weight is 344 g/mol. The van der Waals surface area contributed by atoms with Crippen molar-refractivity contribution < 1.29 is 9.21 Å². The first kappa shape index (κ1) is 17.7. The van der Waals surface area contributed by atoms with Gasteiger partial charge in [-0.05, 0) is 33.3 Å². The zero-order valence-corrected chi connectivity index (χ0v) is 15.7. The molecule has 136 valence electrons. The molecule has 1 amide bonds. The molecule has 3 rings (SSSR count). The van der Waals surface area contributed by atoms with E-state index in [4.69, 9.17) is 4.42 Å². The van der Waals surface area contributed by atoms with Crippen molar-refractivity contribution >= 4 is 5.91 Å². The van der Waals surface area contributed by atoms with Gasteiger partial charge in [0.1, 0.15) is 11.5 Å². The van der Waals surface area contributed by atoms with E-state index in [-0.39, 0.29) is 11.8 Å². The van der Waals surface area contributed by atoms with Crippen LogP contribution in [0.25, 0.3) is 0 Å². The number of aromatic nitrogens is 2. The number of amides is 1. The van der Waals surface area contributed by atoms with E-state index in [0.29, 0.717) is 0 Å². The van der Waals surface area contributed by atoms with Crippen molar-refractivity contribution in [3.63, 3.8) is 0 Å². The van der Waals surface area contributed by atoms with Gasteiger partial charge in [-0.25, -0.2) is 0 Å². The maximum Gasteiger partial charge on any atom is 0.230 e. The van der Waals surface area contributed by atoms with Crippen molar-refractivity contribution in [2.24, 2.45) is 7.05 Å². The summed E-state index contributed by atoms with van der Waals surface area (Å²) in [6.07, 6.45) is 4.97. The van der Waals surface area contributed by atoms with Crippen molar-refractivity contribution in [3.05, 3.63) is 41.1 Å². The highest BCUT2D eigenvalue weighted by atomic mass is 16.3. The first-order valence-corrected chi connectivity index (χ1v) is 8.99. The van der Waals surface area contributed by atoms with Crippen LogP contribution in [0.3, 0.4) is 0 Å². The van der Waals surface area contributed by atoms with Crippen LogP contribution in [0.4, 0.5) is 0 Å². The van der Waals surface area contributed by atoms with E-state index in [1.807, 2.05) is 49.7 Å². The molecule has 1 atom stereocenters. The first-order valence-electron chi connectivity index (χ1n) is 8.99. The van der Waals surface area contributed by atoms with Gasteiger partial charge in [0.15, 0.2) is 0 Å². The van der Waals surface area contributed by atoms with Crippen LogP contribution in [0.2, 0.25) is 0 Å². The molecule has 0 radical (unpaired) electrons. The molecule has 2 aromatic heterocycles. The Balaban J connectivity index is 1.60. The van der Waals surface area contributed by atoms with Gasteiger partial charge in [0, 0.05) is 57.1 Å². The molecule has 0 N–H and O–H groups in total. The Morgan fingerprint density at radius 3 is 2.72 bits per heavy atom. The predicted molar refractivity (Wildman–Crippen MR) is 96.3 cm³/mol. The van der Waals surface area contributed by atoms with E-state index in [2.05, 4.69) is 16.2 Å². The summed E-state index contributed by atoms with van der Waals surface area (Å²) < 4.78 is 7.43. The lowest BCUT2D eigenvalue weighted by molar-refractivity contribution is -0.132.